The predicted molar refractivity (Wildman–Crippen MR) is 79.0 cm³/mol. The fraction of sp³-hybridized carbons (Fsp3) is 0.545. The molecule has 0 unspecified atom stereocenters. The van der Waals surface area contributed by atoms with Crippen LogP contribution in [0.5, 0.6) is 0 Å². The predicted octanol–water partition coefficient (Wildman–Crippen LogP) is 4.36. The smallest absolute Gasteiger partial charge is 0.255 e. The highest BCUT2D eigenvalue weighted by molar-refractivity contribution is 9.12. The lowest BCUT2D eigenvalue weighted by Crippen LogP contribution is -2.37. The van der Waals surface area contributed by atoms with E-state index >= 15 is 0 Å². The number of hydrogen-bond donors (Lipinski definition) is 0. The molecule has 0 atom stereocenters. The summed E-state index contributed by atoms with van der Waals surface area (Å²) in [7, 11) is 1.85. The van der Waals surface area contributed by atoms with Gasteiger partial charge >= 0.3 is 0 Å². The van der Waals surface area contributed by atoms with Gasteiger partial charge in [-0.1, -0.05) is 0 Å². The minimum absolute atomic E-state index is 0.0665. The van der Waals surface area contributed by atoms with E-state index in [-0.39, 0.29) is 5.91 Å². The first kappa shape index (κ1) is 13.8. The summed E-state index contributed by atoms with van der Waals surface area (Å²) in [5.41, 5.74) is 0.728. The first-order chi connectivity index (χ1) is 7.97. The van der Waals surface area contributed by atoms with Crippen LogP contribution in [0.2, 0.25) is 0 Å². The zero-order valence-corrected chi connectivity index (χ0v) is 14.0. The van der Waals surface area contributed by atoms with Gasteiger partial charge in [-0.3, -0.25) is 4.79 Å². The third-order valence-corrected chi connectivity index (χ3v) is 5.64. The van der Waals surface area contributed by atoms with E-state index in [4.69, 9.17) is 11.6 Å². The second-order valence-electron chi connectivity index (χ2n) is 4.36. The lowest BCUT2D eigenvalue weighted by atomic mass is 9.84. The molecule has 0 bridgehead atoms. The summed E-state index contributed by atoms with van der Waals surface area (Å²) in [4.78, 5) is 14.0. The molecule has 1 saturated carbocycles. The van der Waals surface area contributed by atoms with Gasteiger partial charge in [0.25, 0.3) is 5.91 Å². The molecule has 17 heavy (non-hydrogen) atoms. The van der Waals surface area contributed by atoms with Crippen LogP contribution in [-0.4, -0.2) is 29.8 Å². The SMILES string of the molecule is CN(CC1CC(Cl)C1)C(=O)c1cc(Br)sc1Br. The maximum Gasteiger partial charge on any atom is 0.255 e. The normalized spacial score (nSPS) is 23.3. The highest BCUT2D eigenvalue weighted by Crippen LogP contribution is 2.34. The Balaban J connectivity index is 1.97. The van der Waals surface area contributed by atoms with Gasteiger partial charge in [0.15, 0.2) is 0 Å². The Hall–Kier alpha value is 0.420. The number of halogens is 3. The van der Waals surface area contributed by atoms with E-state index in [1.54, 1.807) is 4.90 Å². The van der Waals surface area contributed by atoms with E-state index in [2.05, 4.69) is 31.9 Å². The van der Waals surface area contributed by atoms with Crippen LogP contribution in [0.3, 0.4) is 0 Å². The molecule has 0 spiro atoms. The number of nitrogens with zero attached hydrogens (tertiary/aromatic N) is 1. The van der Waals surface area contributed by atoms with Crippen LogP contribution in [0, 0.1) is 5.92 Å². The summed E-state index contributed by atoms with van der Waals surface area (Å²) in [5.74, 6) is 0.629. The molecule has 0 radical (unpaired) electrons. The average molecular weight is 402 g/mol. The summed E-state index contributed by atoms with van der Waals surface area (Å²) in [6, 6.07) is 1.86. The number of alkyl halides is 1. The Labute approximate surface area is 127 Å². The maximum absolute atomic E-state index is 12.2. The van der Waals surface area contributed by atoms with E-state index in [0.29, 0.717) is 11.3 Å². The van der Waals surface area contributed by atoms with Crippen LogP contribution in [0.4, 0.5) is 0 Å². The molecule has 0 aliphatic heterocycles. The summed E-state index contributed by atoms with van der Waals surface area (Å²) < 4.78 is 1.84. The first-order valence-corrected chi connectivity index (χ1v) is 8.15. The van der Waals surface area contributed by atoms with Crippen molar-refractivity contribution < 1.29 is 4.79 Å². The molecule has 1 fully saturated rings. The fourth-order valence-corrected chi connectivity index (χ4v) is 5.25. The van der Waals surface area contributed by atoms with Crippen LogP contribution in [0.1, 0.15) is 23.2 Å². The lowest BCUT2D eigenvalue weighted by molar-refractivity contribution is 0.0746. The van der Waals surface area contributed by atoms with Gasteiger partial charge in [0.2, 0.25) is 0 Å². The summed E-state index contributed by atoms with van der Waals surface area (Å²) >= 11 is 14.3. The topological polar surface area (TPSA) is 20.3 Å². The minimum Gasteiger partial charge on any atom is -0.341 e. The van der Waals surface area contributed by atoms with Crippen molar-refractivity contribution in [2.24, 2.45) is 5.92 Å². The molecule has 1 aromatic rings. The molecule has 6 heteroatoms. The Morgan fingerprint density at radius 1 is 1.59 bits per heavy atom. The van der Waals surface area contributed by atoms with E-state index in [1.807, 2.05) is 13.1 Å². The monoisotopic (exact) mass is 399 g/mol. The molecule has 1 aromatic heterocycles. The zero-order chi connectivity index (χ0) is 12.6. The van der Waals surface area contributed by atoms with E-state index in [9.17, 15) is 4.79 Å². The van der Waals surface area contributed by atoms with Gasteiger partial charge in [-0.05, 0) is 56.7 Å². The largest absolute Gasteiger partial charge is 0.341 e. The Bertz CT molecular complexity index is 431. The number of amides is 1. The molecule has 2 nitrogen and oxygen atoms in total. The van der Waals surface area contributed by atoms with E-state index in [1.165, 1.54) is 11.3 Å². The molecule has 1 heterocycles. The van der Waals surface area contributed by atoms with E-state index < -0.39 is 0 Å². The molecule has 2 rings (SSSR count). The van der Waals surface area contributed by atoms with Crippen LogP contribution in [0.15, 0.2) is 13.6 Å². The number of hydrogen-bond acceptors (Lipinski definition) is 2. The van der Waals surface area contributed by atoms with Crippen LogP contribution in [-0.2, 0) is 0 Å². The van der Waals surface area contributed by atoms with Gasteiger partial charge in [0.05, 0.1) is 13.1 Å². The van der Waals surface area contributed by atoms with Crippen LogP contribution in [0.25, 0.3) is 0 Å². The molecule has 1 amide bonds. The molecular formula is C11H12Br2ClNOS. The van der Waals surface area contributed by atoms with Crippen molar-refractivity contribution in [2.75, 3.05) is 13.6 Å². The number of carbonyl (C=O) groups excluding carboxylic acids is 1. The molecule has 0 N–H and O–H groups in total. The van der Waals surface area contributed by atoms with Crippen molar-refractivity contribution in [3.63, 3.8) is 0 Å². The summed E-state index contributed by atoms with van der Waals surface area (Å²) in [6.07, 6.45) is 2.04. The number of carbonyl (C=O) groups is 1. The van der Waals surface area contributed by atoms with Crippen LogP contribution >= 0.6 is 54.8 Å². The van der Waals surface area contributed by atoms with Gasteiger partial charge in [0.1, 0.15) is 0 Å². The second-order valence-corrected chi connectivity index (χ2v) is 8.72. The van der Waals surface area contributed by atoms with Crippen molar-refractivity contribution in [1.29, 1.82) is 0 Å². The fourth-order valence-electron chi connectivity index (χ4n) is 1.97. The number of thiophene rings is 1. The molecule has 0 aromatic carbocycles. The molecule has 1 aliphatic carbocycles. The minimum atomic E-state index is 0.0665. The van der Waals surface area contributed by atoms with Crippen molar-refractivity contribution >= 4 is 60.7 Å². The molecule has 94 valence electrons. The van der Waals surface area contributed by atoms with Crippen LogP contribution < -0.4 is 0 Å². The van der Waals surface area contributed by atoms with Gasteiger partial charge in [-0.2, -0.15) is 0 Å². The van der Waals surface area contributed by atoms with Gasteiger partial charge in [0, 0.05) is 19.0 Å². The van der Waals surface area contributed by atoms with Gasteiger partial charge < -0.3 is 4.90 Å². The number of rotatable bonds is 3. The quantitative estimate of drug-likeness (QED) is 0.689. The zero-order valence-electron chi connectivity index (χ0n) is 9.25. The Kier molecular flexibility index (Phi) is 4.55. The van der Waals surface area contributed by atoms with Crippen molar-refractivity contribution in [1.82, 2.24) is 4.90 Å². The summed E-state index contributed by atoms with van der Waals surface area (Å²) in [5, 5.41) is 0.311. The first-order valence-electron chi connectivity index (χ1n) is 5.31. The standard InChI is InChI=1S/C11H12Br2ClNOS/c1-15(5-6-2-7(14)3-6)11(16)8-4-9(12)17-10(8)13/h4,6-7H,2-3,5H2,1H3. The second kappa shape index (κ2) is 5.59. The third-order valence-electron chi connectivity index (χ3n) is 2.94. The van der Waals surface area contributed by atoms with Gasteiger partial charge in [-0.15, -0.1) is 22.9 Å². The lowest BCUT2D eigenvalue weighted by Gasteiger charge is -2.34. The average Bonchev–Trinajstić information content (AvgIpc) is 2.54. The highest BCUT2D eigenvalue weighted by atomic mass is 79.9. The highest BCUT2D eigenvalue weighted by Gasteiger charge is 2.29. The molecule has 0 saturated heterocycles. The molecule has 1 aliphatic rings. The Morgan fingerprint density at radius 2 is 2.24 bits per heavy atom. The summed E-state index contributed by atoms with van der Waals surface area (Å²) in [6.45, 7) is 0.794. The van der Waals surface area contributed by atoms with Crippen molar-refractivity contribution in [2.45, 2.75) is 18.2 Å². The van der Waals surface area contributed by atoms with Crippen molar-refractivity contribution in [3.05, 3.63) is 19.2 Å². The molecular weight excluding hydrogens is 389 g/mol. The third kappa shape index (κ3) is 3.25. The maximum atomic E-state index is 12.2. The Morgan fingerprint density at radius 3 is 2.71 bits per heavy atom. The van der Waals surface area contributed by atoms with E-state index in [0.717, 1.165) is 32.5 Å². The van der Waals surface area contributed by atoms with Crippen molar-refractivity contribution in [3.8, 4) is 0 Å². The van der Waals surface area contributed by atoms with Gasteiger partial charge in [-0.25, -0.2) is 0 Å².